The zero-order valence-electron chi connectivity index (χ0n) is 18.2. The second-order valence-corrected chi connectivity index (χ2v) is 8.55. The van der Waals surface area contributed by atoms with Gasteiger partial charge in [0, 0.05) is 25.3 Å². The molecule has 31 heavy (non-hydrogen) atoms. The van der Waals surface area contributed by atoms with Crippen LogP contribution in [-0.2, 0) is 27.4 Å². The molecule has 0 bridgehead atoms. The van der Waals surface area contributed by atoms with E-state index in [1.807, 2.05) is 12.1 Å². The Morgan fingerprint density at radius 3 is 2.68 bits per heavy atom. The Labute approximate surface area is 182 Å². The molecule has 0 aliphatic carbocycles. The minimum absolute atomic E-state index is 0.0322. The van der Waals surface area contributed by atoms with E-state index in [2.05, 4.69) is 46.5 Å². The molecule has 1 atom stereocenters. The maximum Gasteiger partial charge on any atom is 0.248 e. The predicted molar refractivity (Wildman–Crippen MR) is 115 cm³/mol. The first-order valence-electron chi connectivity index (χ1n) is 10.9. The van der Waals surface area contributed by atoms with Gasteiger partial charge in [0.1, 0.15) is 12.6 Å². The number of nitrogens with one attached hydrogen (secondary N) is 1. The van der Waals surface area contributed by atoms with E-state index >= 15 is 0 Å². The van der Waals surface area contributed by atoms with E-state index in [1.165, 1.54) is 5.69 Å². The van der Waals surface area contributed by atoms with Gasteiger partial charge in [0.05, 0.1) is 31.6 Å². The van der Waals surface area contributed by atoms with E-state index in [0.717, 1.165) is 37.6 Å². The van der Waals surface area contributed by atoms with Crippen molar-refractivity contribution in [2.24, 2.45) is 5.92 Å². The Kier molecular flexibility index (Phi) is 6.50. The molecule has 2 aliphatic rings. The third-order valence-corrected chi connectivity index (χ3v) is 5.73. The summed E-state index contributed by atoms with van der Waals surface area (Å²) in [6.07, 6.45) is 2.34. The minimum Gasteiger partial charge on any atom is -0.378 e. The van der Waals surface area contributed by atoms with Gasteiger partial charge < -0.3 is 19.9 Å². The van der Waals surface area contributed by atoms with E-state index in [4.69, 9.17) is 4.74 Å². The van der Waals surface area contributed by atoms with Crippen LogP contribution in [0, 0.1) is 5.92 Å². The van der Waals surface area contributed by atoms with Crippen molar-refractivity contribution >= 4 is 17.5 Å². The van der Waals surface area contributed by atoms with Crippen LogP contribution in [0.3, 0.4) is 0 Å². The lowest BCUT2D eigenvalue weighted by atomic mass is 10.0. The number of rotatable bonds is 7. The number of carbonyl (C=O) groups is 2. The Bertz CT molecular complexity index is 904. The Hall–Kier alpha value is -2.94. The number of fused-ring (bicyclic) bond motifs is 1. The van der Waals surface area contributed by atoms with Gasteiger partial charge in [-0.15, -0.1) is 5.10 Å². The van der Waals surface area contributed by atoms with Crippen molar-refractivity contribution < 1.29 is 14.3 Å². The van der Waals surface area contributed by atoms with Crippen LogP contribution >= 0.6 is 0 Å². The number of carbonyl (C=O) groups excluding carboxylic acids is 2. The maximum absolute atomic E-state index is 13.0. The molecule has 0 radical (unpaired) electrons. The average molecular weight is 427 g/mol. The standard InChI is InChI=1S/C22H30N6O3/c1-16(2)11-20-22(30)27(14-19-13-24-25-28(19)20)15-21(29)23-12-17-3-5-18(6-4-17)26-7-9-31-10-8-26/h3-6,13,16,20H,7-12,14-15H2,1-2H3,(H,23,29)/t20-/m0/s1. The molecule has 1 fully saturated rings. The van der Waals surface area contributed by atoms with Crippen LogP contribution in [0.2, 0.25) is 0 Å². The first-order chi connectivity index (χ1) is 15.0. The molecule has 0 unspecified atom stereocenters. The van der Waals surface area contributed by atoms with Gasteiger partial charge >= 0.3 is 0 Å². The number of ether oxygens (including phenoxy) is 1. The smallest absolute Gasteiger partial charge is 0.248 e. The second-order valence-electron chi connectivity index (χ2n) is 8.55. The quantitative estimate of drug-likeness (QED) is 0.719. The summed E-state index contributed by atoms with van der Waals surface area (Å²) in [5.74, 6) is 0.0896. The molecule has 1 N–H and O–H groups in total. The summed E-state index contributed by atoms with van der Waals surface area (Å²) in [4.78, 5) is 29.4. The molecule has 0 spiro atoms. The van der Waals surface area contributed by atoms with E-state index in [-0.39, 0.29) is 18.4 Å². The van der Waals surface area contributed by atoms with Gasteiger partial charge in [-0.1, -0.05) is 31.2 Å². The summed E-state index contributed by atoms with van der Waals surface area (Å²) in [6, 6.07) is 7.81. The highest BCUT2D eigenvalue weighted by atomic mass is 16.5. The normalized spacial score (nSPS) is 18.9. The van der Waals surface area contributed by atoms with E-state index < -0.39 is 6.04 Å². The summed E-state index contributed by atoms with van der Waals surface area (Å²) in [7, 11) is 0. The molecule has 2 aliphatic heterocycles. The molecule has 2 aromatic rings. The Morgan fingerprint density at radius 1 is 1.23 bits per heavy atom. The number of hydrogen-bond donors (Lipinski definition) is 1. The van der Waals surface area contributed by atoms with Crippen LogP contribution < -0.4 is 10.2 Å². The summed E-state index contributed by atoms with van der Waals surface area (Å²) < 4.78 is 7.10. The second kappa shape index (κ2) is 9.47. The van der Waals surface area contributed by atoms with E-state index in [9.17, 15) is 9.59 Å². The van der Waals surface area contributed by atoms with Gasteiger partial charge in [0.15, 0.2) is 0 Å². The molecule has 9 heteroatoms. The molecule has 1 aromatic carbocycles. The lowest BCUT2D eigenvalue weighted by Crippen LogP contribution is -2.47. The van der Waals surface area contributed by atoms with Crippen LogP contribution in [0.25, 0.3) is 0 Å². The SMILES string of the molecule is CC(C)C[C@H]1C(=O)N(CC(=O)NCc2ccc(N3CCOCC3)cc2)Cc2cnnn21. The average Bonchev–Trinajstić information content (AvgIpc) is 3.24. The van der Waals surface area contributed by atoms with Crippen molar-refractivity contribution in [3.05, 3.63) is 41.7 Å². The van der Waals surface area contributed by atoms with Gasteiger partial charge in [0.2, 0.25) is 11.8 Å². The lowest BCUT2D eigenvalue weighted by molar-refractivity contribution is -0.142. The number of aromatic nitrogens is 3. The van der Waals surface area contributed by atoms with E-state index in [0.29, 0.717) is 25.4 Å². The molecule has 1 saturated heterocycles. The van der Waals surface area contributed by atoms with Gasteiger partial charge in [-0.05, 0) is 30.0 Å². The van der Waals surface area contributed by atoms with Crippen molar-refractivity contribution in [3.8, 4) is 0 Å². The number of hydrogen-bond acceptors (Lipinski definition) is 6. The predicted octanol–water partition coefficient (Wildman–Crippen LogP) is 1.36. The fourth-order valence-corrected chi connectivity index (χ4v) is 4.09. The van der Waals surface area contributed by atoms with Gasteiger partial charge in [-0.3, -0.25) is 9.59 Å². The van der Waals surface area contributed by atoms with Gasteiger partial charge in [0.25, 0.3) is 0 Å². The fourth-order valence-electron chi connectivity index (χ4n) is 4.09. The molecule has 1 aromatic heterocycles. The molecule has 166 valence electrons. The summed E-state index contributed by atoms with van der Waals surface area (Å²) in [5, 5.41) is 11.0. The molecular weight excluding hydrogens is 396 g/mol. The maximum atomic E-state index is 13.0. The van der Waals surface area contributed by atoms with Gasteiger partial charge in [-0.2, -0.15) is 0 Å². The Balaban J connectivity index is 1.32. The highest BCUT2D eigenvalue weighted by Crippen LogP contribution is 2.26. The zero-order chi connectivity index (χ0) is 21.8. The van der Waals surface area contributed by atoms with Crippen molar-refractivity contribution in [2.45, 2.75) is 39.4 Å². The lowest BCUT2D eigenvalue weighted by Gasteiger charge is -2.33. The summed E-state index contributed by atoms with van der Waals surface area (Å²) >= 11 is 0. The van der Waals surface area contributed by atoms with Crippen molar-refractivity contribution in [1.82, 2.24) is 25.2 Å². The van der Waals surface area contributed by atoms with Gasteiger partial charge in [-0.25, -0.2) is 4.68 Å². The topological polar surface area (TPSA) is 92.6 Å². The molecular formula is C22H30N6O3. The summed E-state index contributed by atoms with van der Waals surface area (Å²) in [6.45, 7) is 8.24. The van der Waals surface area contributed by atoms with Crippen LogP contribution in [0.15, 0.2) is 30.5 Å². The highest BCUT2D eigenvalue weighted by molar-refractivity contribution is 5.87. The number of benzene rings is 1. The zero-order valence-corrected chi connectivity index (χ0v) is 18.2. The summed E-state index contributed by atoms with van der Waals surface area (Å²) in [5.41, 5.74) is 3.05. The van der Waals surface area contributed by atoms with Crippen molar-refractivity contribution in [1.29, 1.82) is 0 Å². The number of nitrogens with zero attached hydrogens (tertiary/aromatic N) is 5. The fraction of sp³-hybridized carbons (Fsp3) is 0.545. The first-order valence-corrected chi connectivity index (χ1v) is 10.9. The molecule has 2 amide bonds. The monoisotopic (exact) mass is 426 g/mol. The van der Waals surface area contributed by atoms with Crippen LogP contribution in [0.1, 0.15) is 37.6 Å². The largest absolute Gasteiger partial charge is 0.378 e. The molecule has 4 rings (SSSR count). The van der Waals surface area contributed by atoms with Crippen LogP contribution in [0.4, 0.5) is 5.69 Å². The third-order valence-electron chi connectivity index (χ3n) is 5.73. The first kappa shape index (κ1) is 21.3. The van der Waals surface area contributed by atoms with Crippen LogP contribution in [-0.4, -0.2) is 64.6 Å². The van der Waals surface area contributed by atoms with E-state index in [1.54, 1.807) is 15.8 Å². The number of anilines is 1. The van der Waals surface area contributed by atoms with Crippen molar-refractivity contribution in [3.63, 3.8) is 0 Å². The Morgan fingerprint density at radius 2 is 1.97 bits per heavy atom. The molecule has 3 heterocycles. The van der Waals surface area contributed by atoms with Crippen LogP contribution in [0.5, 0.6) is 0 Å². The number of amides is 2. The third kappa shape index (κ3) is 5.04. The highest BCUT2D eigenvalue weighted by Gasteiger charge is 2.35. The molecule has 9 nitrogen and oxygen atoms in total. The van der Waals surface area contributed by atoms with Crippen molar-refractivity contribution in [2.75, 3.05) is 37.7 Å². The molecule has 0 saturated carbocycles. The minimum atomic E-state index is -0.396. The number of morpholine rings is 1.